The molecular weight excluding hydrogens is 280 g/mol. The Morgan fingerprint density at radius 3 is 2.70 bits per heavy atom. The van der Waals surface area contributed by atoms with E-state index in [1.165, 1.54) is 4.90 Å². The molecule has 0 heterocycles. The van der Waals surface area contributed by atoms with E-state index in [1.54, 1.807) is 24.3 Å². The first-order chi connectivity index (χ1) is 9.56. The number of carbonyl (C=O) groups is 2. The molecule has 1 rings (SSSR count). The summed E-state index contributed by atoms with van der Waals surface area (Å²) in [4.78, 5) is 24.9. The minimum absolute atomic E-state index is 0.0437. The van der Waals surface area contributed by atoms with Crippen LogP contribution in [0.3, 0.4) is 0 Å². The predicted molar refractivity (Wildman–Crippen MR) is 77.9 cm³/mol. The zero-order valence-corrected chi connectivity index (χ0v) is 12.4. The smallest absolute Gasteiger partial charge is 0.260 e. The Hall–Kier alpha value is -1.75. The van der Waals surface area contributed by atoms with Gasteiger partial charge in [-0.3, -0.25) is 9.59 Å². The quantitative estimate of drug-likeness (QED) is 0.833. The summed E-state index contributed by atoms with van der Waals surface area (Å²) in [6.07, 6.45) is 0. The Labute approximate surface area is 123 Å². The lowest BCUT2D eigenvalue weighted by atomic mass is 10.3. The third-order valence-corrected chi connectivity index (χ3v) is 2.84. The number of rotatable bonds is 7. The molecule has 5 nitrogen and oxygen atoms in total. The van der Waals surface area contributed by atoms with Crippen molar-refractivity contribution < 1.29 is 14.3 Å². The van der Waals surface area contributed by atoms with E-state index >= 15 is 0 Å². The highest BCUT2D eigenvalue weighted by atomic mass is 35.5. The van der Waals surface area contributed by atoms with Gasteiger partial charge in [0.15, 0.2) is 6.61 Å². The third-order valence-electron chi connectivity index (χ3n) is 2.60. The SMILES string of the molecule is CCNC(=O)CN(CC)C(=O)COc1cccc(Cl)c1. The van der Waals surface area contributed by atoms with Gasteiger partial charge in [-0.2, -0.15) is 0 Å². The minimum atomic E-state index is -0.237. The summed E-state index contributed by atoms with van der Waals surface area (Å²) in [5.74, 6) is 0.115. The second-order valence-corrected chi connectivity index (χ2v) is 4.54. The van der Waals surface area contributed by atoms with Gasteiger partial charge in [0, 0.05) is 18.1 Å². The fourth-order valence-electron chi connectivity index (χ4n) is 1.60. The highest BCUT2D eigenvalue weighted by molar-refractivity contribution is 6.30. The lowest BCUT2D eigenvalue weighted by Crippen LogP contribution is -2.42. The number of nitrogens with one attached hydrogen (secondary N) is 1. The molecule has 0 aliphatic rings. The lowest BCUT2D eigenvalue weighted by molar-refractivity contribution is -0.137. The molecule has 0 aliphatic heterocycles. The van der Waals surface area contributed by atoms with E-state index in [9.17, 15) is 9.59 Å². The van der Waals surface area contributed by atoms with Crippen LogP contribution in [-0.4, -0.2) is 43.0 Å². The van der Waals surface area contributed by atoms with Gasteiger partial charge in [-0.1, -0.05) is 17.7 Å². The van der Waals surface area contributed by atoms with E-state index in [-0.39, 0.29) is 25.0 Å². The minimum Gasteiger partial charge on any atom is -0.484 e. The number of likely N-dealkylation sites (N-methyl/N-ethyl adjacent to an activating group) is 2. The number of halogens is 1. The number of hydrogen-bond acceptors (Lipinski definition) is 3. The van der Waals surface area contributed by atoms with Crippen LogP contribution in [0.4, 0.5) is 0 Å². The van der Waals surface area contributed by atoms with Crippen LogP contribution in [0.5, 0.6) is 5.75 Å². The molecule has 0 atom stereocenters. The molecule has 0 saturated heterocycles. The normalized spacial score (nSPS) is 9.95. The van der Waals surface area contributed by atoms with Crippen molar-refractivity contribution >= 4 is 23.4 Å². The molecule has 1 N–H and O–H groups in total. The highest BCUT2D eigenvalue weighted by Gasteiger charge is 2.15. The van der Waals surface area contributed by atoms with Crippen molar-refractivity contribution in [1.29, 1.82) is 0 Å². The fraction of sp³-hybridized carbons (Fsp3) is 0.429. The molecule has 1 aromatic carbocycles. The number of ether oxygens (including phenoxy) is 1. The van der Waals surface area contributed by atoms with Crippen LogP contribution >= 0.6 is 11.6 Å². The Morgan fingerprint density at radius 2 is 2.10 bits per heavy atom. The highest BCUT2D eigenvalue weighted by Crippen LogP contribution is 2.16. The number of nitrogens with zero attached hydrogens (tertiary/aromatic N) is 1. The Balaban J connectivity index is 2.49. The molecule has 0 aliphatic carbocycles. The van der Waals surface area contributed by atoms with Crippen molar-refractivity contribution in [2.75, 3.05) is 26.2 Å². The molecule has 6 heteroatoms. The molecular formula is C14H19ClN2O3. The number of benzene rings is 1. The van der Waals surface area contributed by atoms with Gasteiger partial charge < -0.3 is 15.0 Å². The summed E-state index contributed by atoms with van der Waals surface area (Å²) in [6, 6.07) is 6.83. The van der Waals surface area contributed by atoms with E-state index < -0.39 is 0 Å². The van der Waals surface area contributed by atoms with E-state index in [1.807, 2.05) is 13.8 Å². The maximum Gasteiger partial charge on any atom is 0.260 e. The average molecular weight is 299 g/mol. The third kappa shape index (κ3) is 5.48. The van der Waals surface area contributed by atoms with Gasteiger partial charge in [-0.15, -0.1) is 0 Å². The summed E-state index contributed by atoms with van der Waals surface area (Å²) >= 11 is 5.83. The van der Waals surface area contributed by atoms with Crippen LogP contribution < -0.4 is 10.1 Å². The maximum atomic E-state index is 12.0. The average Bonchev–Trinajstić information content (AvgIpc) is 2.42. The van der Waals surface area contributed by atoms with Crippen molar-refractivity contribution in [3.63, 3.8) is 0 Å². The Morgan fingerprint density at radius 1 is 1.35 bits per heavy atom. The molecule has 0 bridgehead atoms. The van der Waals surface area contributed by atoms with Crippen molar-refractivity contribution in [3.05, 3.63) is 29.3 Å². The molecule has 0 spiro atoms. The second kappa shape index (κ2) is 8.43. The lowest BCUT2D eigenvalue weighted by Gasteiger charge is -2.20. The molecule has 2 amide bonds. The number of hydrogen-bond donors (Lipinski definition) is 1. The van der Waals surface area contributed by atoms with Crippen molar-refractivity contribution in [3.8, 4) is 5.75 Å². The first-order valence-electron chi connectivity index (χ1n) is 6.49. The predicted octanol–water partition coefficient (Wildman–Crippen LogP) is 1.70. The molecule has 0 radical (unpaired) electrons. The van der Waals surface area contributed by atoms with E-state index in [0.29, 0.717) is 23.9 Å². The molecule has 1 aromatic rings. The van der Waals surface area contributed by atoms with Crippen LogP contribution in [0.25, 0.3) is 0 Å². The van der Waals surface area contributed by atoms with Gasteiger partial charge in [0.25, 0.3) is 5.91 Å². The summed E-state index contributed by atoms with van der Waals surface area (Å²) in [5.41, 5.74) is 0. The van der Waals surface area contributed by atoms with Crippen molar-refractivity contribution in [1.82, 2.24) is 10.2 Å². The van der Waals surface area contributed by atoms with Crippen LogP contribution in [-0.2, 0) is 9.59 Å². The first kappa shape index (κ1) is 16.3. The zero-order chi connectivity index (χ0) is 15.0. The molecule has 110 valence electrons. The summed E-state index contributed by atoms with van der Waals surface area (Å²) in [5, 5.41) is 3.20. The van der Waals surface area contributed by atoms with Crippen LogP contribution in [0.15, 0.2) is 24.3 Å². The summed E-state index contributed by atoms with van der Waals surface area (Å²) in [7, 11) is 0. The number of carbonyl (C=O) groups excluding carboxylic acids is 2. The van der Waals surface area contributed by atoms with Gasteiger partial charge in [0.05, 0.1) is 6.54 Å². The zero-order valence-electron chi connectivity index (χ0n) is 11.7. The van der Waals surface area contributed by atoms with Crippen molar-refractivity contribution in [2.24, 2.45) is 0 Å². The topological polar surface area (TPSA) is 58.6 Å². The van der Waals surface area contributed by atoms with Crippen LogP contribution in [0, 0.1) is 0 Å². The molecule has 20 heavy (non-hydrogen) atoms. The fourth-order valence-corrected chi connectivity index (χ4v) is 1.78. The van der Waals surface area contributed by atoms with Gasteiger partial charge in [-0.05, 0) is 32.0 Å². The number of amides is 2. The van der Waals surface area contributed by atoms with Gasteiger partial charge in [-0.25, -0.2) is 0 Å². The van der Waals surface area contributed by atoms with Gasteiger partial charge in [0.2, 0.25) is 5.91 Å². The Kier molecular flexibility index (Phi) is 6.87. The van der Waals surface area contributed by atoms with Crippen molar-refractivity contribution in [2.45, 2.75) is 13.8 Å². The second-order valence-electron chi connectivity index (χ2n) is 4.11. The summed E-state index contributed by atoms with van der Waals surface area (Å²) in [6.45, 7) is 4.57. The summed E-state index contributed by atoms with van der Waals surface area (Å²) < 4.78 is 5.37. The van der Waals surface area contributed by atoms with E-state index in [0.717, 1.165) is 0 Å². The monoisotopic (exact) mass is 298 g/mol. The maximum absolute atomic E-state index is 12.0. The molecule has 0 aromatic heterocycles. The van der Waals surface area contributed by atoms with Crippen LogP contribution in [0.1, 0.15) is 13.8 Å². The molecule has 0 fully saturated rings. The van der Waals surface area contributed by atoms with Gasteiger partial charge in [0.1, 0.15) is 5.75 Å². The largest absolute Gasteiger partial charge is 0.484 e. The van der Waals surface area contributed by atoms with E-state index in [4.69, 9.17) is 16.3 Å². The van der Waals surface area contributed by atoms with E-state index in [2.05, 4.69) is 5.32 Å². The standard InChI is InChI=1S/C14H19ClN2O3/c1-3-16-13(18)9-17(4-2)14(19)10-20-12-7-5-6-11(15)8-12/h5-8H,3-4,9-10H2,1-2H3,(H,16,18). The van der Waals surface area contributed by atoms with Gasteiger partial charge >= 0.3 is 0 Å². The molecule has 0 unspecified atom stereocenters. The first-order valence-corrected chi connectivity index (χ1v) is 6.87. The van der Waals surface area contributed by atoms with Crippen LogP contribution in [0.2, 0.25) is 5.02 Å². The Bertz CT molecular complexity index is 465. The molecule has 0 saturated carbocycles.